The summed E-state index contributed by atoms with van der Waals surface area (Å²) in [5, 5.41) is 13.5. The average molecular weight is 277 g/mol. The molecule has 2 heterocycles. The Labute approximate surface area is 117 Å². The van der Waals surface area contributed by atoms with E-state index in [0.717, 1.165) is 18.5 Å². The molecule has 2 aromatic rings. The molecule has 0 aliphatic carbocycles. The van der Waals surface area contributed by atoms with Gasteiger partial charge >= 0.3 is 0 Å². The number of amides is 1. The van der Waals surface area contributed by atoms with Crippen molar-refractivity contribution in [3.63, 3.8) is 0 Å². The Balaban J connectivity index is 2.04. The summed E-state index contributed by atoms with van der Waals surface area (Å²) in [5.41, 5.74) is 1.34. The number of hydrogen-bond acceptors (Lipinski definition) is 5. The molecule has 2 N–H and O–H groups in total. The van der Waals surface area contributed by atoms with Gasteiger partial charge in [0, 0.05) is 5.69 Å². The lowest BCUT2D eigenvalue weighted by atomic mass is 10.2. The summed E-state index contributed by atoms with van der Waals surface area (Å²) < 4.78 is 5.09. The smallest absolute Gasteiger partial charge is 0.272 e. The van der Waals surface area contributed by atoms with E-state index in [1.807, 2.05) is 6.92 Å². The molecule has 20 heavy (non-hydrogen) atoms. The monoisotopic (exact) mass is 277 g/mol. The van der Waals surface area contributed by atoms with Crippen molar-refractivity contribution in [1.82, 2.24) is 25.7 Å². The molecule has 0 aliphatic heterocycles. The Kier molecular flexibility index (Phi) is 4.49. The number of nitrogens with one attached hydrogen (secondary N) is 2. The van der Waals surface area contributed by atoms with Gasteiger partial charge in [0.15, 0.2) is 5.82 Å². The molecule has 0 unspecified atom stereocenters. The van der Waals surface area contributed by atoms with Crippen LogP contribution in [0.3, 0.4) is 0 Å². The molecule has 0 aromatic carbocycles. The summed E-state index contributed by atoms with van der Waals surface area (Å²) in [4.78, 5) is 16.3. The van der Waals surface area contributed by atoms with Gasteiger partial charge in [-0.05, 0) is 25.8 Å². The topological polar surface area (TPSA) is 96.7 Å². The Hall–Kier alpha value is -2.18. The van der Waals surface area contributed by atoms with Gasteiger partial charge < -0.3 is 9.84 Å². The highest BCUT2D eigenvalue weighted by Gasteiger charge is 2.20. The minimum Gasteiger partial charge on any atom is -0.339 e. The van der Waals surface area contributed by atoms with Crippen molar-refractivity contribution in [2.45, 2.75) is 46.1 Å². The quantitative estimate of drug-likeness (QED) is 0.841. The summed E-state index contributed by atoms with van der Waals surface area (Å²) in [6, 6.07) is 1.47. The third-order valence-electron chi connectivity index (χ3n) is 2.94. The van der Waals surface area contributed by atoms with Crippen LogP contribution in [-0.4, -0.2) is 26.2 Å². The Morgan fingerprint density at radius 2 is 2.30 bits per heavy atom. The predicted octanol–water partition coefficient (Wildman–Crippen LogP) is 1.93. The lowest BCUT2D eigenvalue weighted by molar-refractivity contribution is 0.0922. The van der Waals surface area contributed by atoms with Crippen molar-refractivity contribution in [2.24, 2.45) is 0 Å². The van der Waals surface area contributed by atoms with Crippen LogP contribution in [0.2, 0.25) is 0 Å². The van der Waals surface area contributed by atoms with Crippen LogP contribution in [0.4, 0.5) is 0 Å². The van der Waals surface area contributed by atoms with E-state index in [1.54, 1.807) is 13.0 Å². The van der Waals surface area contributed by atoms with Crippen molar-refractivity contribution in [1.29, 1.82) is 0 Å². The highest BCUT2D eigenvalue weighted by atomic mass is 16.5. The zero-order valence-electron chi connectivity index (χ0n) is 11.9. The molecular weight excluding hydrogens is 258 g/mol. The summed E-state index contributed by atoms with van der Waals surface area (Å²) in [7, 11) is 0. The van der Waals surface area contributed by atoms with Crippen LogP contribution in [0.15, 0.2) is 10.6 Å². The highest BCUT2D eigenvalue weighted by molar-refractivity contribution is 5.92. The van der Waals surface area contributed by atoms with Crippen LogP contribution in [0.1, 0.15) is 60.6 Å². The van der Waals surface area contributed by atoms with Crippen molar-refractivity contribution < 1.29 is 9.32 Å². The van der Waals surface area contributed by atoms with Crippen LogP contribution in [0.25, 0.3) is 0 Å². The molecule has 0 bridgehead atoms. The van der Waals surface area contributed by atoms with E-state index in [9.17, 15) is 4.79 Å². The zero-order chi connectivity index (χ0) is 14.5. The zero-order valence-corrected chi connectivity index (χ0v) is 11.9. The highest BCUT2D eigenvalue weighted by Crippen LogP contribution is 2.15. The number of aromatic nitrogens is 4. The third-order valence-corrected chi connectivity index (χ3v) is 2.94. The molecule has 0 radical (unpaired) electrons. The van der Waals surface area contributed by atoms with E-state index in [1.165, 1.54) is 0 Å². The Morgan fingerprint density at radius 1 is 1.50 bits per heavy atom. The van der Waals surface area contributed by atoms with Crippen molar-refractivity contribution in [3.8, 4) is 0 Å². The van der Waals surface area contributed by atoms with Gasteiger partial charge in [-0.25, -0.2) is 0 Å². The second-order valence-corrected chi connectivity index (χ2v) is 4.64. The van der Waals surface area contributed by atoms with Gasteiger partial charge in [-0.3, -0.25) is 9.89 Å². The van der Waals surface area contributed by atoms with Gasteiger partial charge in [-0.15, -0.1) is 0 Å². The molecule has 1 amide bonds. The number of carbonyl (C=O) groups is 1. The molecule has 1 atom stereocenters. The molecule has 108 valence electrons. The first-order chi connectivity index (χ1) is 9.63. The first-order valence-corrected chi connectivity index (χ1v) is 6.79. The molecule has 0 aliphatic rings. The summed E-state index contributed by atoms with van der Waals surface area (Å²) in [6.07, 6.45) is 2.54. The maximum atomic E-state index is 12.1. The average Bonchev–Trinajstić information content (AvgIpc) is 3.05. The molecular formula is C13H19N5O2. The van der Waals surface area contributed by atoms with Gasteiger partial charge in [0.05, 0.1) is 0 Å². The van der Waals surface area contributed by atoms with Crippen LogP contribution in [0, 0.1) is 6.92 Å². The summed E-state index contributed by atoms with van der Waals surface area (Å²) in [6.45, 7) is 5.76. The van der Waals surface area contributed by atoms with Crippen LogP contribution >= 0.6 is 0 Å². The number of aryl methyl sites for hydroxylation is 2. The molecule has 0 spiro atoms. The predicted molar refractivity (Wildman–Crippen MR) is 72.1 cm³/mol. The fourth-order valence-corrected chi connectivity index (χ4v) is 1.90. The van der Waals surface area contributed by atoms with E-state index in [2.05, 4.69) is 32.6 Å². The lowest BCUT2D eigenvalue weighted by Crippen LogP contribution is -2.28. The summed E-state index contributed by atoms with van der Waals surface area (Å²) in [5.74, 6) is 0.728. The maximum Gasteiger partial charge on any atom is 0.272 e. The minimum absolute atomic E-state index is 0.244. The van der Waals surface area contributed by atoms with E-state index < -0.39 is 0 Å². The second-order valence-electron chi connectivity index (χ2n) is 4.64. The SMILES string of the molecule is CCCc1cc(C(=O)N[C@H](CC)c2nc(C)no2)n[nH]1. The number of rotatable bonds is 6. The summed E-state index contributed by atoms with van der Waals surface area (Å²) >= 11 is 0. The number of nitrogens with zero attached hydrogens (tertiary/aromatic N) is 3. The molecule has 2 aromatic heterocycles. The second kappa shape index (κ2) is 6.31. The number of carbonyl (C=O) groups excluding carboxylic acids is 1. The van der Waals surface area contributed by atoms with Gasteiger partial charge in [-0.2, -0.15) is 10.1 Å². The van der Waals surface area contributed by atoms with Gasteiger partial charge in [0.1, 0.15) is 11.7 Å². The lowest BCUT2D eigenvalue weighted by Gasteiger charge is -2.11. The van der Waals surface area contributed by atoms with Crippen LogP contribution in [-0.2, 0) is 6.42 Å². The molecule has 7 nitrogen and oxygen atoms in total. The van der Waals surface area contributed by atoms with Crippen molar-refractivity contribution >= 4 is 5.91 Å². The molecule has 0 saturated heterocycles. The number of aromatic amines is 1. The van der Waals surface area contributed by atoms with E-state index >= 15 is 0 Å². The Bertz CT molecular complexity index is 575. The standard InChI is InChI=1S/C13H19N5O2/c1-4-6-9-7-11(17-16-9)12(19)15-10(5-2)13-14-8(3)18-20-13/h7,10H,4-6H2,1-3H3,(H,15,19)(H,16,17)/t10-/m1/s1. The molecule has 0 fully saturated rings. The normalized spacial score (nSPS) is 12.3. The van der Waals surface area contributed by atoms with E-state index in [4.69, 9.17) is 4.52 Å². The number of hydrogen-bond donors (Lipinski definition) is 2. The maximum absolute atomic E-state index is 12.1. The van der Waals surface area contributed by atoms with Gasteiger partial charge in [-0.1, -0.05) is 25.4 Å². The fraction of sp³-hybridized carbons (Fsp3) is 0.538. The molecule has 0 saturated carbocycles. The van der Waals surface area contributed by atoms with Gasteiger partial charge in [0.2, 0.25) is 5.89 Å². The van der Waals surface area contributed by atoms with Crippen molar-refractivity contribution in [3.05, 3.63) is 29.2 Å². The first-order valence-electron chi connectivity index (χ1n) is 6.79. The first kappa shape index (κ1) is 14.2. The van der Waals surface area contributed by atoms with Gasteiger partial charge in [0.25, 0.3) is 5.91 Å². The minimum atomic E-state index is -0.296. The van der Waals surface area contributed by atoms with Crippen molar-refractivity contribution in [2.75, 3.05) is 0 Å². The molecule has 2 rings (SSSR count). The molecule has 7 heteroatoms. The van der Waals surface area contributed by atoms with E-state index in [0.29, 0.717) is 23.8 Å². The number of H-pyrrole nitrogens is 1. The van der Waals surface area contributed by atoms with Crippen LogP contribution in [0.5, 0.6) is 0 Å². The Morgan fingerprint density at radius 3 is 2.90 bits per heavy atom. The van der Waals surface area contributed by atoms with E-state index in [-0.39, 0.29) is 11.9 Å². The fourth-order valence-electron chi connectivity index (χ4n) is 1.90. The van der Waals surface area contributed by atoms with Crippen LogP contribution < -0.4 is 5.32 Å². The largest absolute Gasteiger partial charge is 0.339 e. The third kappa shape index (κ3) is 3.23.